The van der Waals surface area contributed by atoms with E-state index in [-0.39, 0.29) is 11.8 Å². The third-order valence-corrected chi connectivity index (χ3v) is 3.06. The highest BCUT2D eigenvalue weighted by molar-refractivity contribution is 5.86. The summed E-state index contributed by atoms with van der Waals surface area (Å²) >= 11 is 0. The van der Waals surface area contributed by atoms with E-state index in [0.717, 1.165) is 38.8 Å². The molecule has 0 radical (unpaired) electrons. The van der Waals surface area contributed by atoms with Gasteiger partial charge in [-0.15, -0.1) is 0 Å². The molecule has 2 fully saturated rings. The molecule has 0 bridgehead atoms. The number of hydrogen-bond acceptors (Lipinski definition) is 2. The van der Waals surface area contributed by atoms with Gasteiger partial charge in [0.05, 0.1) is 0 Å². The van der Waals surface area contributed by atoms with Crippen LogP contribution in [0.25, 0.3) is 0 Å². The van der Waals surface area contributed by atoms with E-state index in [0.29, 0.717) is 0 Å². The Kier molecular flexibility index (Phi) is 2.79. The maximum atomic E-state index is 12.0. The van der Waals surface area contributed by atoms with E-state index in [2.05, 4.69) is 5.32 Å². The average molecular weight is 212 g/mol. The molecular formula is C10H16N2O3. The molecule has 0 aromatic carbocycles. The van der Waals surface area contributed by atoms with Gasteiger partial charge in [-0.2, -0.15) is 0 Å². The van der Waals surface area contributed by atoms with Gasteiger partial charge < -0.3 is 15.3 Å². The van der Waals surface area contributed by atoms with Crippen molar-refractivity contribution in [3.05, 3.63) is 0 Å². The standard InChI is InChI=1S/C10H16N2O3/c13-9(12-5-1-2-6-12)8(7-3-4-7)11-10(14)15/h7-8,11H,1-6H2,(H,14,15). The van der Waals surface area contributed by atoms with Crippen LogP contribution in [0.15, 0.2) is 0 Å². The van der Waals surface area contributed by atoms with E-state index in [4.69, 9.17) is 5.11 Å². The van der Waals surface area contributed by atoms with Crippen molar-refractivity contribution in [1.82, 2.24) is 10.2 Å². The summed E-state index contributed by atoms with van der Waals surface area (Å²) < 4.78 is 0. The molecule has 1 saturated carbocycles. The summed E-state index contributed by atoms with van der Waals surface area (Å²) in [6.45, 7) is 1.56. The van der Waals surface area contributed by atoms with Gasteiger partial charge in [0.25, 0.3) is 0 Å². The minimum atomic E-state index is -1.10. The first kappa shape index (κ1) is 10.3. The van der Waals surface area contributed by atoms with Crippen molar-refractivity contribution in [2.45, 2.75) is 31.7 Å². The van der Waals surface area contributed by atoms with Crippen LogP contribution in [0.1, 0.15) is 25.7 Å². The fourth-order valence-electron chi connectivity index (χ4n) is 2.08. The Morgan fingerprint density at radius 2 is 1.87 bits per heavy atom. The summed E-state index contributed by atoms with van der Waals surface area (Å²) in [5.74, 6) is 0.201. The van der Waals surface area contributed by atoms with Gasteiger partial charge in [-0.3, -0.25) is 4.79 Å². The first-order valence-electron chi connectivity index (χ1n) is 5.47. The number of nitrogens with zero attached hydrogens (tertiary/aromatic N) is 1. The molecule has 0 spiro atoms. The summed E-state index contributed by atoms with van der Waals surface area (Å²) in [6, 6.07) is -0.499. The van der Waals surface area contributed by atoms with Crippen molar-refractivity contribution in [2.75, 3.05) is 13.1 Å². The van der Waals surface area contributed by atoms with E-state index < -0.39 is 12.1 Å². The van der Waals surface area contributed by atoms with Gasteiger partial charge in [0.15, 0.2) is 0 Å². The average Bonchev–Trinajstić information content (AvgIpc) is 2.88. The molecule has 5 nitrogen and oxygen atoms in total. The second-order valence-corrected chi connectivity index (χ2v) is 4.30. The number of nitrogens with one attached hydrogen (secondary N) is 1. The molecular weight excluding hydrogens is 196 g/mol. The Morgan fingerprint density at radius 3 is 2.33 bits per heavy atom. The Balaban J connectivity index is 1.96. The topological polar surface area (TPSA) is 69.6 Å². The molecule has 84 valence electrons. The predicted octanol–water partition coefficient (Wildman–Crippen LogP) is 0.655. The first-order chi connectivity index (χ1) is 7.18. The maximum absolute atomic E-state index is 12.0. The smallest absolute Gasteiger partial charge is 0.405 e. The monoisotopic (exact) mass is 212 g/mol. The lowest BCUT2D eigenvalue weighted by Crippen LogP contribution is -2.48. The minimum absolute atomic E-state index is 0.0302. The zero-order chi connectivity index (χ0) is 10.8. The van der Waals surface area contributed by atoms with Gasteiger partial charge in [0, 0.05) is 13.1 Å². The Labute approximate surface area is 88.4 Å². The van der Waals surface area contributed by atoms with E-state index in [1.165, 1.54) is 0 Å². The van der Waals surface area contributed by atoms with Gasteiger partial charge in [-0.25, -0.2) is 4.79 Å². The van der Waals surface area contributed by atoms with Crippen molar-refractivity contribution in [1.29, 1.82) is 0 Å². The third-order valence-electron chi connectivity index (χ3n) is 3.06. The van der Waals surface area contributed by atoms with Crippen LogP contribution in [-0.2, 0) is 4.79 Å². The summed E-state index contributed by atoms with van der Waals surface area (Å²) in [5.41, 5.74) is 0. The number of carbonyl (C=O) groups excluding carboxylic acids is 1. The van der Waals surface area contributed by atoms with Gasteiger partial charge in [-0.05, 0) is 31.6 Å². The maximum Gasteiger partial charge on any atom is 0.405 e. The van der Waals surface area contributed by atoms with Crippen molar-refractivity contribution in [2.24, 2.45) is 5.92 Å². The molecule has 1 aliphatic carbocycles. The highest BCUT2D eigenvalue weighted by Crippen LogP contribution is 2.33. The molecule has 0 aromatic heterocycles. The lowest BCUT2D eigenvalue weighted by molar-refractivity contribution is -0.132. The lowest BCUT2D eigenvalue weighted by atomic mass is 10.1. The summed E-state index contributed by atoms with van der Waals surface area (Å²) in [6.07, 6.45) is 2.90. The number of rotatable bonds is 3. The molecule has 2 N–H and O–H groups in total. The third kappa shape index (κ3) is 2.40. The second-order valence-electron chi connectivity index (χ2n) is 4.30. The molecule has 2 rings (SSSR count). The van der Waals surface area contributed by atoms with Gasteiger partial charge in [0.1, 0.15) is 6.04 Å². The Hall–Kier alpha value is -1.26. The zero-order valence-corrected chi connectivity index (χ0v) is 8.61. The van der Waals surface area contributed by atoms with Crippen LogP contribution in [0.2, 0.25) is 0 Å². The molecule has 1 atom stereocenters. The van der Waals surface area contributed by atoms with Crippen LogP contribution in [-0.4, -0.2) is 41.1 Å². The van der Waals surface area contributed by atoms with Crippen LogP contribution >= 0.6 is 0 Å². The van der Waals surface area contributed by atoms with Crippen LogP contribution in [0.5, 0.6) is 0 Å². The van der Waals surface area contributed by atoms with Gasteiger partial charge in [-0.1, -0.05) is 0 Å². The molecule has 1 heterocycles. The fourth-order valence-corrected chi connectivity index (χ4v) is 2.08. The Bertz CT molecular complexity index is 270. The molecule has 2 aliphatic rings. The van der Waals surface area contributed by atoms with Crippen LogP contribution in [0.4, 0.5) is 4.79 Å². The highest BCUT2D eigenvalue weighted by atomic mass is 16.4. The number of carboxylic acid groups (broad SMARTS) is 1. The number of amides is 2. The fraction of sp³-hybridized carbons (Fsp3) is 0.800. The number of hydrogen-bond donors (Lipinski definition) is 2. The number of carbonyl (C=O) groups is 2. The van der Waals surface area contributed by atoms with Crippen LogP contribution in [0.3, 0.4) is 0 Å². The van der Waals surface area contributed by atoms with Crippen molar-refractivity contribution in [3.63, 3.8) is 0 Å². The largest absolute Gasteiger partial charge is 0.465 e. The number of likely N-dealkylation sites (tertiary alicyclic amines) is 1. The zero-order valence-electron chi connectivity index (χ0n) is 8.61. The second kappa shape index (κ2) is 4.08. The van der Waals surface area contributed by atoms with E-state index in [1.807, 2.05) is 0 Å². The summed E-state index contributed by atoms with van der Waals surface area (Å²) in [5, 5.41) is 11.0. The lowest BCUT2D eigenvalue weighted by Gasteiger charge is -2.22. The predicted molar refractivity (Wildman–Crippen MR) is 53.5 cm³/mol. The SMILES string of the molecule is O=C(O)NC(C(=O)N1CCCC1)C1CC1. The minimum Gasteiger partial charge on any atom is -0.465 e. The van der Waals surface area contributed by atoms with E-state index in [1.54, 1.807) is 4.90 Å². The normalized spacial score (nSPS) is 22.5. The van der Waals surface area contributed by atoms with Crippen molar-refractivity contribution in [3.8, 4) is 0 Å². The summed E-state index contributed by atoms with van der Waals surface area (Å²) in [7, 11) is 0. The molecule has 1 unspecified atom stereocenters. The molecule has 5 heteroatoms. The molecule has 1 aliphatic heterocycles. The van der Waals surface area contributed by atoms with E-state index >= 15 is 0 Å². The van der Waals surface area contributed by atoms with Gasteiger partial charge >= 0.3 is 6.09 Å². The Morgan fingerprint density at radius 1 is 1.27 bits per heavy atom. The summed E-state index contributed by atoms with van der Waals surface area (Å²) in [4.78, 5) is 24.3. The first-order valence-corrected chi connectivity index (χ1v) is 5.47. The van der Waals surface area contributed by atoms with Crippen molar-refractivity contribution >= 4 is 12.0 Å². The molecule has 15 heavy (non-hydrogen) atoms. The molecule has 0 aromatic rings. The van der Waals surface area contributed by atoms with Crippen LogP contribution < -0.4 is 5.32 Å². The molecule has 1 saturated heterocycles. The van der Waals surface area contributed by atoms with Crippen LogP contribution in [0, 0.1) is 5.92 Å². The van der Waals surface area contributed by atoms with Gasteiger partial charge in [0.2, 0.25) is 5.91 Å². The van der Waals surface area contributed by atoms with Crippen molar-refractivity contribution < 1.29 is 14.7 Å². The van der Waals surface area contributed by atoms with E-state index in [9.17, 15) is 9.59 Å². The highest BCUT2D eigenvalue weighted by Gasteiger charge is 2.39. The molecule has 2 amide bonds. The quantitative estimate of drug-likeness (QED) is 0.721.